The van der Waals surface area contributed by atoms with E-state index in [2.05, 4.69) is 5.32 Å². The molecule has 0 radical (unpaired) electrons. The molecule has 108 valence electrons. The monoisotopic (exact) mass is 282 g/mol. The third kappa shape index (κ3) is 3.75. The van der Waals surface area contributed by atoms with Gasteiger partial charge >= 0.3 is 5.97 Å². The average Bonchev–Trinajstić information content (AvgIpc) is 2.37. The molecule has 0 aromatic heterocycles. The minimum atomic E-state index is -1.22. The Kier molecular flexibility index (Phi) is 5.15. The van der Waals surface area contributed by atoms with Gasteiger partial charge in [0, 0.05) is 24.3 Å². The summed E-state index contributed by atoms with van der Waals surface area (Å²) in [5, 5.41) is 21.8. The van der Waals surface area contributed by atoms with Crippen molar-refractivity contribution in [3.8, 4) is 0 Å². The summed E-state index contributed by atoms with van der Waals surface area (Å²) in [4.78, 5) is 32.9. The summed E-state index contributed by atoms with van der Waals surface area (Å²) in [6, 6.07) is 2.63. The van der Waals surface area contributed by atoms with Gasteiger partial charge in [-0.2, -0.15) is 0 Å². The third-order valence-corrected chi connectivity index (χ3v) is 2.59. The Hall–Kier alpha value is -2.48. The van der Waals surface area contributed by atoms with E-state index in [9.17, 15) is 19.7 Å². The number of amides is 1. The van der Waals surface area contributed by atoms with Crippen molar-refractivity contribution in [3.63, 3.8) is 0 Å². The summed E-state index contributed by atoms with van der Waals surface area (Å²) in [6.07, 6.45) is 0. The molecule has 0 fully saturated rings. The lowest BCUT2D eigenvalue weighted by Gasteiger charge is -2.13. The fraction of sp³-hybridized carbons (Fsp3) is 0.333. The van der Waals surface area contributed by atoms with Gasteiger partial charge in [-0.3, -0.25) is 14.9 Å². The molecule has 1 rings (SSSR count). The number of nitro groups is 1. The zero-order chi connectivity index (χ0) is 15.3. The second-order valence-electron chi connectivity index (χ2n) is 4.08. The predicted molar refractivity (Wildman–Crippen MR) is 68.6 cm³/mol. The summed E-state index contributed by atoms with van der Waals surface area (Å²) in [7, 11) is 1.32. The van der Waals surface area contributed by atoms with Crippen LogP contribution in [0.5, 0.6) is 0 Å². The van der Waals surface area contributed by atoms with Crippen molar-refractivity contribution in [3.05, 3.63) is 39.4 Å². The number of hydrogen-bond acceptors (Lipinski definition) is 5. The number of carboxylic acid groups (broad SMARTS) is 1. The first kappa shape index (κ1) is 15.6. The first-order chi connectivity index (χ1) is 9.36. The van der Waals surface area contributed by atoms with Gasteiger partial charge in [0.1, 0.15) is 0 Å². The highest BCUT2D eigenvalue weighted by atomic mass is 16.6. The van der Waals surface area contributed by atoms with Crippen LogP contribution >= 0.6 is 0 Å². The number of aliphatic carboxylic acids is 1. The predicted octanol–water partition coefficient (Wildman–Crippen LogP) is 0.733. The van der Waals surface area contributed by atoms with E-state index < -0.39 is 22.8 Å². The highest BCUT2D eigenvalue weighted by molar-refractivity contribution is 5.97. The summed E-state index contributed by atoms with van der Waals surface area (Å²) in [6.45, 7) is 1.33. The molecular formula is C12H14N2O6. The Morgan fingerprint density at radius 3 is 2.60 bits per heavy atom. The van der Waals surface area contributed by atoms with Crippen LogP contribution in [0.2, 0.25) is 0 Å². The second-order valence-corrected chi connectivity index (χ2v) is 4.08. The molecule has 0 aliphatic carbocycles. The first-order valence-corrected chi connectivity index (χ1v) is 5.64. The van der Waals surface area contributed by atoms with Crippen LogP contribution in [0, 0.1) is 17.0 Å². The number of nitrogens with one attached hydrogen (secondary N) is 1. The van der Waals surface area contributed by atoms with Crippen LogP contribution in [0.1, 0.15) is 15.9 Å². The molecule has 2 N–H and O–H groups in total. The number of carbonyl (C=O) groups is 2. The van der Waals surface area contributed by atoms with Crippen molar-refractivity contribution in [1.82, 2.24) is 5.32 Å². The number of benzene rings is 1. The van der Waals surface area contributed by atoms with Crippen molar-refractivity contribution >= 4 is 17.6 Å². The van der Waals surface area contributed by atoms with Crippen LogP contribution in [-0.4, -0.2) is 41.7 Å². The maximum atomic E-state index is 11.9. The molecule has 8 heteroatoms. The van der Waals surface area contributed by atoms with Crippen LogP contribution in [0.4, 0.5) is 5.69 Å². The molecule has 0 spiro atoms. The fourth-order valence-electron chi connectivity index (χ4n) is 1.58. The molecular weight excluding hydrogens is 268 g/mol. The zero-order valence-electron chi connectivity index (χ0n) is 11.0. The van der Waals surface area contributed by atoms with E-state index in [0.717, 1.165) is 0 Å². The number of methoxy groups -OCH3 is 1. The van der Waals surface area contributed by atoms with Crippen molar-refractivity contribution in [2.75, 3.05) is 13.7 Å². The van der Waals surface area contributed by atoms with Crippen molar-refractivity contribution in [2.24, 2.45) is 0 Å². The van der Waals surface area contributed by atoms with Gasteiger partial charge in [0.2, 0.25) is 0 Å². The number of hydrogen-bond donors (Lipinski definition) is 2. The van der Waals surface area contributed by atoms with Crippen molar-refractivity contribution < 1.29 is 24.4 Å². The molecule has 0 saturated carbocycles. The molecule has 20 heavy (non-hydrogen) atoms. The normalized spacial score (nSPS) is 11.7. The summed E-state index contributed by atoms with van der Waals surface area (Å²) < 4.78 is 4.69. The Morgan fingerprint density at radius 2 is 2.15 bits per heavy atom. The topological polar surface area (TPSA) is 119 Å². The van der Waals surface area contributed by atoms with Crippen molar-refractivity contribution in [1.29, 1.82) is 0 Å². The lowest BCUT2D eigenvalue weighted by atomic mass is 10.1. The van der Waals surface area contributed by atoms with Crippen molar-refractivity contribution in [2.45, 2.75) is 13.0 Å². The van der Waals surface area contributed by atoms with E-state index in [1.807, 2.05) is 0 Å². The number of nitrogens with zero attached hydrogens (tertiary/aromatic N) is 1. The number of aryl methyl sites for hydroxylation is 1. The van der Waals surface area contributed by atoms with Crippen LogP contribution in [0.15, 0.2) is 18.2 Å². The Labute approximate surface area is 114 Å². The summed E-state index contributed by atoms with van der Waals surface area (Å²) in [5.41, 5.74) is 0.366. The van der Waals surface area contributed by atoms with E-state index in [4.69, 9.17) is 9.84 Å². The minimum Gasteiger partial charge on any atom is -0.480 e. The van der Waals surface area contributed by atoms with E-state index in [-0.39, 0.29) is 17.9 Å². The minimum absolute atomic E-state index is 0.103. The molecule has 0 bridgehead atoms. The Balaban J connectivity index is 2.90. The van der Waals surface area contributed by atoms with Crippen LogP contribution in [0.3, 0.4) is 0 Å². The second kappa shape index (κ2) is 6.62. The third-order valence-electron chi connectivity index (χ3n) is 2.59. The first-order valence-electron chi connectivity index (χ1n) is 5.64. The van der Waals surface area contributed by atoms with Gasteiger partial charge in [0.25, 0.3) is 11.6 Å². The van der Waals surface area contributed by atoms with Gasteiger partial charge in [0.15, 0.2) is 6.04 Å². The molecule has 8 nitrogen and oxygen atoms in total. The molecule has 1 aromatic carbocycles. The van der Waals surface area contributed by atoms with Crippen LogP contribution in [0.25, 0.3) is 0 Å². The van der Waals surface area contributed by atoms with Gasteiger partial charge in [-0.15, -0.1) is 0 Å². The highest BCUT2D eigenvalue weighted by Gasteiger charge is 2.21. The number of nitro benzene ring substituents is 1. The largest absolute Gasteiger partial charge is 0.480 e. The SMILES string of the molecule is COCC(NC(=O)c1ccc([N+](=O)[O-])c(C)c1)C(=O)O. The number of ether oxygens (including phenoxy) is 1. The molecule has 0 heterocycles. The smallest absolute Gasteiger partial charge is 0.328 e. The van der Waals surface area contributed by atoms with Gasteiger partial charge in [0.05, 0.1) is 11.5 Å². The molecule has 0 saturated heterocycles. The Bertz CT molecular complexity index is 543. The molecule has 1 amide bonds. The summed E-state index contributed by atoms with van der Waals surface area (Å²) >= 11 is 0. The fourth-order valence-corrected chi connectivity index (χ4v) is 1.58. The molecule has 1 atom stereocenters. The standard InChI is InChI=1S/C12H14N2O6/c1-7-5-8(3-4-10(7)14(18)19)11(15)13-9(6-20-2)12(16)17/h3-5,9H,6H2,1-2H3,(H,13,15)(H,16,17). The lowest BCUT2D eigenvalue weighted by Crippen LogP contribution is -2.43. The van der Waals surface area contributed by atoms with Gasteiger partial charge in [-0.25, -0.2) is 4.79 Å². The molecule has 1 unspecified atom stereocenters. The maximum Gasteiger partial charge on any atom is 0.328 e. The van der Waals surface area contributed by atoms with Gasteiger partial charge in [-0.05, 0) is 19.1 Å². The van der Waals surface area contributed by atoms with Crippen LogP contribution in [-0.2, 0) is 9.53 Å². The van der Waals surface area contributed by atoms with Gasteiger partial charge < -0.3 is 15.2 Å². The highest BCUT2D eigenvalue weighted by Crippen LogP contribution is 2.18. The van der Waals surface area contributed by atoms with Crippen LogP contribution < -0.4 is 5.32 Å². The molecule has 0 aliphatic rings. The Morgan fingerprint density at radius 1 is 1.50 bits per heavy atom. The van der Waals surface area contributed by atoms with E-state index in [0.29, 0.717) is 5.56 Å². The number of carbonyl (C=O) groups excluding carboxylic acids is 1. The molecule has 1 aromatic rings. The quantitative estimate of drug-likeness (QED) is 0.586. The summed E-state index contributed by atoms with van der Waals surface area (Å²) in [5.74, 6) is -1.86. The maximum absolute atomic E-state index is 11.9. The van der Waals surface area contributed by atoms with E-state index >= 15 is 0 Å². The number of carboxylic acids is 1. The van der Waals surface area contributed by atoms with Gasteiger partial charge in [-0.1, -0.05) is 0 Å². The average molecular weight is 282 g/mol. The van der Waals surface area contributed by atoms with E-state index in [1.165, 1.54) is 32.2 Å². The van der Waals surface area contributed by atoms with E-state index in [1.54, 1.807) is 0 Å². The molecule has 0 aliphatic heterocycles. The lowest BCUT2D eigenvalue weighted by molar-refractivity contribution is -0.385. The zero-order valence-corrected chi connectivity index (χ0v) is 11.0. The number of rotatable bonds is 6.